The number of hydrogen-bond donors (Lipinski definition) is 1. The predicted octanol–water partition coefficient (Wildman–Crippen LogP) is 4.11. The van der Waals surface area contributed by atoms with Gasteiger partial charge in [0, 0.05) is 36.4 Å². The number of halogens is 4. The zero-order valence-electron chi connectivity index (χ0n) is 15.7. The van der Waals surface area contributed by atoms with Crippen molar-refractivity contribution in [1.82, 2.24) is 20.3 Å². The molecule has 1 unspecified atom stereocenters. The fourth-order valence-electron chi connectivity index (χ4n) is 3.46. The SMILES string of the molecule is O=C(NCC1CCN(c2ccc(F)c(F)c2)C1)c1cnnn1-c1cc(Cl)ccc1Cl. The maximum Gasteiger partial charge on any atom is 0.271 e. The van der Waals surface area contributed by atoms with E-state index in [9.17, 15) is 13.6 Å². The van der Waals surface area contributed by atoms with E-state index in [4.69, 9.17) is 23.2 Å². The standard InChI is InChI=1S/C20H17Cl2F2N5O/c21-13-1-3-15(22)18(7-13)29-19(10-26-27-29)20(30)25-9-12-5-6-28(11-12)14-2-4-16(23)17(24)8-14/h1-4,7-8,10,12H,5-6,9,11H2,(H,25,30). The van der Waals surface area contributed by atoms with Crippen LogP contribution in [0.15, 0.2) is 42.6 Å². The molecule has 1 N–H and O–H groups in total. The molecule has 0 radical (unpaired) electrons. The smallest absolute Gasteiger partial charge is 0.271 e. The minimum atomic E-state index is -0.871. The average molecular weight is 452 g/mol. The Balaban J connectivity index is 1.40. The van der Waals surface area contributed by atoms with Crippen molar-refractivity contribution in [2.45, 2.75) is 6.42 Å². The third kappa shape index (κ3) is 4.24. The second-order valence-corrected chi connectivity index (χ2v) is 7.88. The summed E-state index contributed by atoms with van der Waals surface area (Å²) in [6.07, 6.45) is 2.17. The van der Waals surface area contributed by atoms with Crippen LogP contribution in [0.5, 0.6) is 0 Å². The van der Waals surface area contributed by atoms with E-state index in [-0.39, 0.29) is 17.5 Å². The first-order valence-electron chi connectivity index (χ1n) is 9.26. The van der Waals surface area contributed by atoms with E-state index in [1.807, 2.05) is 4.90 Å². The quantitative estimate of drug-likeness (QED) is 0.633. The van der Waals surface area contributed by atoms with Gasteiger partial charge in [-0.25, -0.2) is 13.5 Å². The van der Waals surface area contributed by atoms with Crippen LogP contribution in [0.2, 0.25) is 10.0 Å². The summed E-state index contributed by atoms with van der Waals surface area (Å²) in [5, 5.41) is 11.5. The van der Waals surface area contributed by atoms with E-state index in [1.165, 1.54) is 16.9 Å². The largest absolute Gasteiger partial charge is 0.371 e. The Hall–Kier alpha value is -2.71. The molecule has 6 nitrogen and oxygen atoms in total. The molecular weight excluding hydrogens is 435 g/mol. The van der Waals surface area contributed by atoms with Crippen LogP contribution in [0.1, 0.15) is 16.9 Å². The van der Waals surface area contributed by atoms with E-state index >= 15 is 0 Å². The summed E-state index contributed by atoms with van der Waals surface area (Å²) in [7, 11) is 0. The average Bonchev–Trinajstić information content (AvgIpc) is 3.40. The van der Waals surface area contributed by atoms with Gasteiger partial charge in [0.05, 0.1) is 16.9 Å². The predicted molar refractivity (Wildman–Crippen MR) is 110 cm³/mol. The van der Waals surface area contributed by atoms with Gasteiger partial charge in [0.25, 0.3) is 5.91 Å². The Morgan fingerprint density at radius 1 is 1.17 bits per heavy atom. The molecule has 10 heteroatoms. The molecule has 0 spiro atoms. The van der Waals surface area contributed by atoms with Gasteiger partial charge in [-0.1, -0.05) is 28.4 Å². The zero-order chi connectivity index (χ0) is 21.3. The van der Waals surface area contributed by atoms with Crippen LogP contribution in [0, 0.1) is 17.6 Å². The van der Waals surface area contributed by atoms with Crippen molar-refractivity contribution in [3.05, 3.63) is 70.0 Å². The van der Waals surface area contributed by atoms with Gasteiger partial charge in [0.15, 0.2) is 17.3 Å². The van der Waals surface area contributed by atoms with Crippen molar-refractivity contribution in [1.29, 1.82) is 0 Å². The molecule has 1 aliphatic rings. The Morgan fingerprint density at radius 3 is 2.80 bits per heavy atom. The lowest BCUT2D eigenvalue weighted by atomic mass is 10.1. The van der Waals surface area contributed by atoms with Gasteiger partial charge in [-0.15, -0.1) is 5.10 Å². The molecule has 3 aromatic rings. The van der Waals surface area contributed by atoms with E-state index in [2.05, 4.69) is 15.6 Å². The molecule has 1 aliphatic heterocycles. The maximum atomic E-state index is 13.5. The topological polar surface area (TPSA) is 63.1 Å². The molecule has 0 saturated carbocycles. The maximum absolute atomic E-state index is 13.5. The number of carbonyl (C=O) groups excluding carboxylic acids is 1. The van der Waals surface area contributed by atoms with Gasteiger partial charge in [0.2, 0.25) is 0 Å². The van der Waals surface area contributed by atoms with Crippen LogP contribution < -0.4 is 10.2 Å². The van der Waals surface area contributed by atoms with E-state index in [0.29, 0.717) is 41.1 Å². The molecular formula is C20H17Cl2F2N5O. The van der Waals surface area contributed by atoms with Crippen molar-refractivity contribution in [2.24, 2.45) is 5.92 Å². The van der Waals surface area contributed by atoms with Crippen molar-refractivity contribution >= 4 is 34.8 Å². The van der Waals surface area contributed by atoms with Gasteiger partial charge in [-0.2, -0.15) is 0 Å². The van der Waals surface area contributed by atoms with Gasteiger partial charge in [0.1, 0.15) is 0 Å². The first-order chi connectivity index (χ1) is 14.4. The van der Waals surface area contributed by atoms with Gasteiger partial charge >= 0.3 is 0 Å². The minimum Gasteiger partial charge on any atom is -0.371 e. The molecule has 1 atom stereocenters. The van der Waals surface area contributed by atoms with Crippen molar-refractivity contribution in [3.8, 4) is 5.69 Å². The fourth-order valence-corrected chi connectivity index (χ4v) is 3.82. The molecule has 1 amide bonds. The van der Waals surface area contributed by atoms with Crippen LogP contribution in [0.25, 0.3) is 5.69 Å². The molecule has 1 saturated heterocycles. The summed E-state index contributed by atoms with van der Waals surface area (Å²) >= 11 is 12.2. The lowest BCUT2D eigenvalue weighted by Crippen LogP contribution is -2.32. The van der Waals surface area contributed by atoms with Crippen LogP contribution in [-0.4, -0.2) is 40.5 Å². The molecule has 1 aromatic heterocycles. The second-order valence-electron chi connectivity index (χ2n) is 7.04. The molecule has 2 heterocycles. The highest BCUT2D eigenvalue weighted by molar-refractivity contribution is 6.34. The lowest BCUT2D eigenvalue weighted by molar-refractivity contribution is 0.0940. The van der Waals surface area contributed by atoms with Crippen molar-refractivity contribution < 1.29 is 13.6 Å². The first-order valence-corrected chi connectivity index (χ1v) is 10.0. The number of amides is 1. The second kappa shape index (κ2) is 8.57. The molecule has 156 valence electrons. The third-order valence-electron chi connectivity index (χ3n) is 5.02. The minimum absolute atomic E-state index is 0.168. The summed E-state index contributed by atoms with van der Waals surface area (Å²) < 4.78 is 28.0. The fraction of sp³-hybridized carbons (Fsp3) is 0.250. The monoisotopic (exact) mass is 451 g/mol. The lowest BCUT2D eigenvalue weighted by Gasteiger charge is -2.19. The molecule has 0 aliphatic carbocycles. The number of rotatable bonds is 5. The normalized spacial score (nSPS) is 16.1. The number of nitrogens with zero attached hydrogens (tertiary/aromatic N) is 4. The number of benzene rings is 2. The van der Waals surface area contributed by atoms with E-state index in [0.717, 1.165) is 12.5 Å². The number of aromatic nitrogens is 3. The summed E-state index contributed by atoms with van der Waals surface area (Å²) in [5.41, 5.74) is 1.31. The number of anilines is 1. The van der Waals surface area contributed by atoms with Gasteiger partial charge < -0.3 is 10.2 Å². The highest BCUT2D eigenvalue weighted by Gasteiger charge is 2.25. The van der Waals surface area contributed by atoms with Crippen molar-refractivity contribution in [3.63, 3.8) is 0 Å². The summed E-state index contributed by atoms with van der Waals surface area (Å²) in [4.78, 5) is 14.7. The number of carbonyl (C=O) groups is 1. The van der Waals surface area contributed by atoms with Crippen LogP contribution in [0.3, 0.4) is 0 Å². The van der Waals surface area contributed by atoms with E-state index in [1.54, 1.807) is 24.3 Å². The van der Waals surface area contributed by atoms with Crippen LogP contribution in [-0.2, 0) is 0 Å². The molecule has 2 aromatic carbocycles. The third-order valence-corrected chi connectivity index (χ3v) is 5.58. The number of nitrogens with one attached hydrogen (secondary N) is 1. The van der Waals surface area contributed by atoms with Crippen LogP contribution >= 0.6 is 23.2 Å². The summed E-state index contributed by atoms with van der Waals surface area (Å²) in [5.74, 6) is -1.92. The van der Waals surface area contributed by atoms with Gasteiger partial charge in [-0.05, 0) is 42.7 Å². The first kappa shape index (κ1) is 20.6. The van der Waals surface area contributed by atoms with Crippen molar-refractivity contribution in [2.75, 3.05) is 24.5 Å². The Bertz CT molecular complexity index is 1090. The Morgan fingerprint density at radius 2 is 2.00 bits per heavy atom. The van der Waals surface area contributed by atoms with Crippen LogP contribution in [0.4, 0.5) is 14.5 Å². The Labute approximate surface area is 181 Å². The van der Waals surface area contributed by atoms with E-state index < -0.39 is 11.6 Å². The number of hydrogen-bond acceptors (Lipinski definition) is 4. The summed E-state index contributed by atoms with van der Waals surface area (Å²) in [6.45, 7) is 1.75. The molecule has 0 bridgehead atoms. The highest BCUT2D eigenvalue weighted by atomic mass is 35.5. The molecule has 30 heavy (non-hydrogen) atoms. The molecule has 4 rings (SSSR count). The highest BCUT2D eigenvalue weighted by Crippen LogP contribution is 2.26. The summed E-state index contributed by atoms with van der Waals surface area (Å²) in [6, 6.07) is 8.73. The molecule has 1 fully saturated rings. The Kier molecular flexibility index (Phi) is 5.87. The van der Waals surface area contributed by atoms with Gasteiger partial charge in [-0.3, -0.25) is 4.79 Å². The zero-order valence-corrected chi connectivity index (χ0v) is 17.2.